The second-order valence-corrected chi connectivity index (χ2v) is 5.98. The normalized spacial score (nSPS) is 12.4. The number of aliphatic hydroxyl groups excluding tert-OH is 1. The van der Waals surface area contributed by atoms with Crippen LogP contribution in [-0.2, 0) is 6.42 Å². The van der Waals surface area contributed by atoms with Crippen LogP contribution in [-0.4, -0.2) is 11.7 Å². The smallest absolute Gasteiger partial charge is 0.119 e. The maximum atomic E-state index is 10.2. The van der Waals surface area contributed by atoms with Crippen molar-refractivity contribution in [3.63, 3.8) is 0 Å². The fourth-order valence-electron chi connectivity index (χ4n) is 2.25. The highest BCUT2D eigenvalue weighted by atomic mass is 16.5. The molecule has 0 aliphatic carbocycles. The van der Waals surface area contributed by atoms with Gasteiger partial charge in [0, 0.05) is 0 Å². The molecule has 0 aliphatic heterocycles. The van der Waals surface area contributed by atoms with Crippen LogP contribution in [0.2, 0.25) is 0 Å². The van der Waals surface area contributed by atoms with Gasteiger partial charge in [-0.1, -0.05) is 55.8 Å². The lowest BCUT2D eigenvalue weighted by Crippen LogP contribution is -2.09. The molecule has 0 aliphatic rings. The van der Waals surface area contributed by atoms with E-state index in [0.29, 0.717) is 5.92 Å². The van der Waals surface area contributed by atoms with Crippen molar-refractivity contribution in [3.8, 4) is 5.75 Å². The number of hydrogen-bond donors (Lipinski definition) is 1. The van der Waals surface area contributed by atoms with E-state index in [0.717, 1.165) is 17.7 Å². The summed E-state index contributed by atoms with van der Waals surface area (Å²) < 4.78 is 5.62. The van der Waals surface area contributed by atoms with Crippen molar-refractivity contribution in [1.82, 2.24) is 0 Å². The zero-order valence-electron chi connectivity index (χ0n) is 13.0. The molecule has 2 rings (SSSR count). The summed E-state index contributed by atoms with van der Waals surface area (Å²) in [6.45, 7) is 6.72. The van der Waals surface area contributed by atoms with E-state index >= 15 is 0 Å². The van der Waals surface area contributed by atoms with Crippen LogP contribution in [0.1, 0.15) is 36.6 Å². The number of aliphatic hydroxyl groups is 1. The molecular formula is C19H24O2. The zero-order chi connectivity index (χ0) is 15.2. The average molecular weight is 284 g/mol. The first-order valence-corrected chi connectivity index (χ1v) is 7.51. The molecule has 2 heteroatoms. The Morgan fingerprint density at radius 2 is 1.57 bits per heavy atom. The number of benzene rings is 2. The van der Waals surface area contributed by atoms with Gasteiger partial charge in [0.2, 0.25) is 0 Å². The minimum Gasteiger partial charge on any atom is -0.491 e. The molecule has 0 saturated carbocycles. The standard InChI is InChI=1S/C19H24O2/c1-14(2)12-16-6-8-17(9-7-16)19(20)13-21-18-10-4-15(3)5-11-18/h4-11,14,19-20H,12-13H2,1-3H3. The van der Waals surface area contributed by atoms with Gasteiger partial charge in [-0.3, -0.25) is 0 Å². The van der Waals surface area contributed by atoms with Gasteiger partial charge in [-0.25, -0.2) is 0 Å². The van der Waals surface area contributed by atoms with Crippen molar-refractivity contribution in [2.45, 2.75) is 33.3 Å². The van der Waals surface area contributed by atoms with Crippen molar-refractivity contribution in [2.24, 2.45) is 5.92 Å². The highest BCUT2D eigenvalue weighted by molar-refractivity contribution is 5.27. The summed E-state index contributed by atoms with van der Waals surface area (Å²) in [7, 11) is 0. The fourth-order valence-corrected chi connectivity index (χ4v) is 2.25. The van der Waals surface area contributed by atoms with Gasteiger partial charge in [0.15, 0.2) is 0 Å². The van der Waals surface area contributed by atoms with Crippen LogP contribution >= 0.6 is 0 Å². The lowest BCUT2D eigenvalue weighted by molar-refractivity contribution is 0.108. The van der Waals surface area contributed by atoms with Crippen LogP contribution in [0.15, 0.2) is 48.5 Å². The molecule has 0 spiro atoms. The van der Waals surface area contributed by atoms with Gasteiger partial charge in [-0.15, -0.1) is 0 Å². The first kappa shape index (κ1) is 15.6. The van der Waals surface area contributed by atoms with Crippen LogP contribution in [0, 0.1) is 12.8 Å². The molecule has 112 valence electrons. The zero-order valence-corrected chi connectivity index (χ0v) is 13.0. The Balaban J connectivity index is 1.90. The number of hydrogen-bond acceptors (Lipinski definition) is 2. The third kappa shape index (κ3) is 4.91. The molecule has 21 heavy (non-hydrogen) atoms. The highest BCUT2D eigenvalue weighted by Crippen LogP contribution is 2.18. The Labute approximate surface area is 127 Å². The second kappa shape index (κ2) is 7.28. The minimum absolute atomic E-state index is 0.270. The predicted molar refractivity (Wildman–Crippen MR) is 86.6 cm³/mol. The summed E-state index contributed by atoms with van der Waals surface area (Å²) in [5.74, 6) is 1.43. The van der Waals surface area contributed by atoms with E-state index in [1.807, 2.05) is 43.3 Å². The summed E-state index contributed by atoms with van der Waals surface area (Å²) >= 11 is 0. The summed E-state index contributed by atoms with van der Waals surface area (Å²) in [5.41, 5.74) is 3.40. The molecule has 0 saturated heterocycles. The quantitative estimate of drug-likeness (QED) is 0.856. The van der Waals surface area contributed by atoms with Gasteiger partial charge < -0.3 is 9.84 Å². The summed E-state index contributed by atoms with van der Waals surface area (Å²) in [6, 6.07) is 16.0. The summed E-state index contributed by atoms with van der Waals surface area (Å²) in [5, 5.41) is 10.2. The van der Waals surface area contributed by atoms with Crippen molar-refractivity contribution in [2.75, 3.05) is 6.61 Å². The van der Waals surface area contributed by atoms with Gasteiger partial charge in [0.1, 0.15) is 18.5 Å². The molecule has 0 fully saturated rings. The van der Waals surface area contributed by atoms with E-state index in [1.54, 1.807) is 0 Å². The summed E-state index contributed by atoms with van der Waals surface area (Å²) in [6.07, 6.45) is 0.468. The van der Waals surface area contributed by atoms with E-state index in [1.165, 1.54) is 11.1 Å². The van der Waals surface area contributed by atoms with E-state index < -0.39 is 6.10 Å². The SMILES string of the molecule is Cc1ccc(OCC(O)c2ccc(CC(C)C)cc2)cc1. The number of rotatable bonds is 6. The molecule has 0 heterocycles. The maximum absolute atomic E-state index is 10.2. The monoisotopic (exact) mass is 284 g/mol. The van der Waals surface area contributed by atoms with Crippen LogP contribution in [0.5, 0.6) is 5.75 Å². The predicted octanol–water partition coefficient (Wildman–Crippen LogP) is 4.31. The van der Waals surface area contributed by atoms with Gasteiger partial charge in [-0.05, 0) is 42.5 Å². The Kier molecular flexibility index (Phi) is 5.40. The van der Waals surface area contributed by atoms with Crippen molar-refractivity contribution in [3.05, 3.63) is 65.2 Å². The maximum Gasteiger partial charge on any atom is 0.119 e. The van der Waals surface area contributed by atoms with Crippen molar-refractivity contribution in [1.29, 1.82) is 0 Å². The number of aryl methyl sites for hydroxylation is 1. The molecule has 0 bridgehead atoms. The minimum atomic E-state index is -0.598. The van der Waals surface area contributed by atoms with E-state index in [-0.39, 0.29) is 6.61 Å². The van der Waals surface area contributed by atoms with Crippen LogP contribution < -0.4 is 4.74 Å². The molecule has 0 aromatic heterocycles. The van der Waals surface area contributed by atoms with Gasteiger partial charge in [0.05, 0.1) is 0 Å². The average Bonchev–Trinajstić information content (AvgIpc) is 2.46. The molecule has 1 atom stereocenters. The van der Waals surface area contributed by atoms with E-state index in [9.17, 15) is 5.11 Å². The lowest BCUT2D eigenvalue weighted by Gasteiger charge is -2.14. The van der Waals surface area contributed by atoms with Crippen molar-refractivity contribution < 1.29 is 9.84 Å². The lowest BCUT2D eigenvalue weighted by atomic mass is 10.0. The molecule has 2 aromatic rings. The Morgan fingerprint density at radius 1 is 0.952 bits per heavy atom. The van der Waals surface area contributed by atoms with Crippen LogP contribution in [0.3, 0.4) is 0 Å². The first-order valence-electron chi connectivity index (χ1n) is 7.51. The summed E-state index contributed by atoms with van der Waals surface area (Å²) in [4.78, 5) is 0. The van der Waals surface area contributed by atoms with Gasteiger partial charge >= 0.3 is 0 Å². The number of ether oxygens (including phenoxy) is 1. The molecule has 0 radical (unpaired) electrons. The Hall–Kier alpha value is -1.80. The Bertz CT molecular complexity index is 541. The van der Waals surface area contributed by atoms with Gasteiger partial charge in [0.25, 0.3) is 0 Å². The molecule has 2 nitrogen and oxygen atoms in total. The third-order valence-corrected chi connectivity index (χ3v) is 3.44. The fraction of sp³-hybridized carbons (Fsp3) is 0.368. The van der Waals surface area contributed by atoms with E-state index in [4.69, 9.17) is 4.74 Å². The highest BCUT2D eigenvalue weighted by Gasteiger charge is 2.09. The largest absolute Gasteiger partial charge is 0.491 e. The topological polar surface area (TPSA) is 29.5 Å². The van der Waals surface area contributed by atoms with E-state index in [2.05, 4.69) is 26.0 Å². The first-order chi connectivity index (χ1) is 10.0. The van der Waals surface area contributed by atoms with Crippen LogP contribution in [0.25, 0.3) is 0 Å². The van der Waals surface area contributed by atoms with Gasteiger partial charge in [-0.2, -0.15) is 0 Å². The Morgan fingerprint density at radius 3 is 2.14 bits per heavy atom. The molecule has 1 N–H and O–H groups in total. The molecule has 1 unspecified atom stereocenters. The molecule has 2 aromatic carbocycles. The van der Waals surface area contributed by atoms with Crippen molar-refractivity contribution >= 4 is 0 Å². The molecular weight excluding hydrogens is 260 g/mol. The second-order valence-electron chi connectivity index (χ2n) is 5.98. The van der Waals surface area contributed by atoms with Crippen LogP contribution in [0.4, 0.5) is 0 Å². The molecule has 0 amide bonds. The third-order valence-electron chi connectivity index (χ3n) is 3.44.